The fourth-order valence-electron chi connectivity index (χ4n) is 2.28. The zero-order chi connectivity index (χ0) is 15.0. The van der Waals surface area contributed by atoms with E-state index in [1.165, 1.54) is 5.56 Å². The van der Waals surface area contributed by atoms with E-state index in [2.05, 4.69) is 45.0 Å². The zero-order valence-electron chi connectivity index (χ0n) is 12.0. The zero-order valence-corrected chi connectivity index (χ0v) is 13.6. The van der Waals surface area contributed by atoms with Gasteiger partial charge in [0.05, 0.1) is 25.3 Å². The topological polar surface area (TPSA) is 47.1 Å². The number of hydrogen-bond donors (Lipinski definition) is 1. The monoisotopic (exact) mass is 346 g/mol. The van der Waals surface area contributed by atoms with Gasteiger partial charge >= 0.3 is 0 Å². The van der Waals surface area contributed by atoms with Gasteiger partial charge in [-0.1, -0.05) is 27.6 Å². The summed E-state index contributed by atoms with van der Waals surface area (Å²) in [4.78, 5) is 7.98. The molecule has 0 fully saturated rings. The highest BCUT2D eigenvalue weighted by Crippen LogP contribution is 2.34. The molecule has 2 aromatic carbocycles. The van der Waals surface area contributed by atoms with Crippen LogP contribution >= 0.6 is 15.9 Å². The Bertz CT molecular complexity index is 770. The van der Waals surface area contributed by atoms with Crippen LogP contribution in [0, 0.1) is 6.92 Å². The minimum absolute atomic E-state index is 0.673. The second-order valence-electron chi connectivity index (χ2n) is 4.79. The summed E-state index contributed by atoms with van der Waals surface area (Å²) < 4.78 is 11.6. The van der Waals surface area contributed by atoms with E-state index in [1.807, 2.05) is 18.2 Å². The van der Waals surface area contributed by atoms with Crippen molar-refractivity contribution in [3.05, 3.63) is 40.4 Å². The standard InChI is InChI=1S/C16H15BrN2O2/c1-9-4-5-11(17)10(6-9)16-18-12-7-14(20-2)15(21-3)8-13(12)19-16/h4-8H,1-3H3,(H,18,19). The molecule has 0 saturated heterocycles. The third-order valence-corrected chi connectivity index (χ3v) is 4.06. The molecule has 0 saturated carbocycles. The van der Waals surface area contributed by atoms with Gasteiger partial charge in [-0.25, -0.2) is 4.98 Å². The van der Waals surface area contributed by atoms with Crippen molar-refractivity contribution in [2.45, 2.75) is 6.92 Å². The number of imidazole rings is 1. The summed E-state index contributed by atoms with van der Waals surface area (Å²) in [6.07, 6.45) is 0. The number of nitrogens with zero attached hydrogens (tertiary/aromatic N) is 1. The number of aromatic amines is 1. The van der Waals surface area contributed by atoms with E-state index in [4.69, 9.17) is 9.47 Å². The van der Waals surface area contributed by atoms with Crippen LogP contribution < -0.4 is 9.47 Å². The van der Waals surface area contributed by atoms with Gasteiger partial charge < -0.3 is 14.5 Å². The Morgan fingerprint density at radius 1 is 1.05 bits per heavy atom. The van der Waals surface area contributed by atoms with Gasteiger partial charge in [-0.05, 0) is 19.1 Å². The molecule has 0 spiro atoms. The Labute approximate surface area is 131 Å². The molecule has 1 heterocycles. The van der Waals surface area contributed by atoms with Crippen molar-refractivity contribution in [1.82, 2.24) is 9.97 Å². The second kappa shape index (κ2) is 5.41. The van der Waals surface area contributed by atoms with E-state index in [9.17, 15) is 0 Å². The molecule has 0 bridgehead atoms. The highest BCUT2D eigenvalue weighted by Gasteiger charge is 2.12. The number of aryl methyl sites for hydroxylation is 1. The number of halogens is 1. The van der Waals surface area contributed by atoms with Crippen LogP contribution in [0.5, 0.6) is 11.5 Å². The Kier molecular flexibility index (Phi) is 3.59. The third-order valence-electron chi connectivity index (χ3n) is 3.36. The summed E-state index contributed by atoms with van der Waals surface area (Å²) in [5.41, 5.74) is 3.97. The van der Waals surface area contributed by atoms with Gasteiger partial charge in [0.25, 0.3) is 0 Å². The molecule has 0 aliphatic rings. The normalized spacial score (nSPS) is 10.9. The molecule has 0 radical (unpaired) electrons. The number of aromatic nitrogens is 2. The van der Waals surface area contributed by atoms with Crippen LogP contribution in [0.3, 0.4) is 0 Å². The molecule has 0 aliphatic carbocycles. The number of methoxy groups -OCH3 is 2. The maximum Gasteiger partial charge on any atom is 0.163 e. The Morgan fingerprint density at radius 2 is 1.76 bits per heavy atom. The quantitative estimate of drug-likeness (QED) is 0.768. The maximum atomic E-state index is 5.32. The lowest BCUT2D eigenvalue weighted by molar-refractivity contribution is 0.356. The van der Waals surface area contributed by atoms with Crippen molar-refractivity contribution in [3.8, 4) is 22.9 Å². The van der Waals surface area contributed by atoms with Gasteiger partial charge in [0.15, 0.2) is 11.5 Å². The van der Waals surface area contributed by atoms with Crippen molar-refractivity contribution in [2.24, 2.45) is 0 Å². The van der Waals surface area contributed by atoms with E-state index < -0.39 is 0 Å². The molecule has 0 aliphatic heterocycles. The summed E-state index contributed by atoms with van der Waals surface area (Å²) in [6.45, 7) is 2.06. The minimum atomic E-state index is 0.673. The van der Waals surface area contributed by atoms with Crippen molar-refractivity contribution in [1.29, 1.82) is 0 Å². The third kappa shape index (κ3) is 2.49. The van der Waals surface area contributed by atoms with Gasteiger partial charge in [0, 0.05) is 22.2 Å². The largest absolute Gasteiger partial charge is 0.493 e. The van der Waals surface area contributed by atoms with Crippen LogP contribution in [0.25, 0.3) is 22.4 Å². The highest BCUT2D eigenvalue weighted by molar-refractivity contribution is 9.10. The average Bonchev–Trinajstić information content (AvgIpc) is 2.90. The molecule has 3 rings (SSSR count). The molecule has 108 valence electrons. The Hall–Kier alpha value is -2.01. The summed E-state index contributed by atoms with van der Waals surface area (Å²) in [7, 11) is 3.24. The van der Waals surface area contributed by atoms with E-state index >= 15 is 0 Å². The van der Waals surface area contributed by atoms with E-state index in [-0.39, 0.29) is 0 Å². The van der Waals surface area contributed by atoms with Crippen molar-refractivity contribution >= 4 is 27.0 Å². The molecule has 4 nitrogen and oxygen atoms in total. The summed E-state index contributed by atoms with van der Waals surface area (Å²) >= 11 is 3.57. The summed E-state index contributed by atoms with van der Waals surface area (Å²) in [5.74, 6) is 2.17. The first-order valence-corrected chi connectivity index (χ1v) is 7.30. The van der Waals surface area contributed by atoms with Gasteiger partial charge in [-0.2, -0.15) is 0 Å². The molecule has 0 unspecified atom stereocenters. The van der Waals surface area contributed by atoms with Gasteiger partial charge in [-0.15, -0.1) is 0 Å². The lowest BCUT2D eigenvalue weighted by Crippen LogP contribution is -1.89. The predicted octanol–water partition coefficient (Wildman–Crippen LogP) is 4.32. The fraction of sp³-hybridized carbons (Fsp3) is 0.188. The van der Waals surface area contributed by atoms with Gasteiger partial charge in [0.1, 0.15) is 5.82 Å². The first-order chi connectivity index (χ1) is 10.1. The van der Waals surface area contributed by atoms with Crippen molar-refractivity contribution in [3.63, 3.8) is 0 Å². The number of benzene rings is 2. The van der Waals surface area contributed by atoms with Crippen molar-refractivity contribution < 1.29 is 9.47 Å². The van der Waals surface area contributed by atoms with Crippen LogP contribution in [0.1, 0.15) is 5.56 Å². The smallest absolute Gasteiger partial charge is 0.163 e. The molecule has 21 heavy (non-hydrogen) atoms. The van der Waals surface area contributed by atoms with Crippen LogP contribution in [-0.2, 0) is 0 Å². The molecular formula is C16H15BrN2O2. The summed E-state index contributed by atoms with van der Waals surface area (Å²) in [5, 5.41) is 0. The van der Waals surface area contributed by atoms with Crippen LogP contribution in [-0.4, -0.2) is 24.2 Å². The van der Waals surface area contributed by atoms with E-state index in [0.717, 1.165) is 26.9 Å². The molecular weight excluding hydrogens is 332 g/mol. The molecule has 5 heteroatoms. The lowest BCUT2D eigenvalue weighted by atomic mass is 10.1. The maximum absolute atomic E-state index is 5.32. The first kappa shape index (κ1) is 13.9. The van der Waals surface area contributed by atoms with Gasteiger partial charge in [-0.3, -0.25) is 0 Å². The lowest BCUT2D eigenvalue weighted by Gasteiger charge is -2.06. The molecule has 0 amide bonds. The molecule has 0 atom stereocenters. The number of nitrogens with one attached hydrogen (secondary N) is 1. The van der Waals surface area contributed by atoms with Crippen LogP contribution in [0.4, 0.5) is 0 Å². The Balaban J connectivity index is 2.19. The molecule has 3 aromatic rings. The molecule has 1 N–H and O–H groups in total. The van der Waals surface area contributed by atoms with Crippen LogP contribution in [0.15, 0.2) is 34.8 Å². The van der Waals surface area contributed by atoms with Crippen molar-refractivity contribution in [2.75, 3.05) is 14.2 Å². The SMILES string of the molecule is COc1cc2nc(-c3cc(C)ccc3Br)[nH]c2cc1OC. The highest BCUT2D eigenvalue weighted by atomic mass is 79.9. The van der Waals surface area contributed by atoms with E-state index in [0.29, 0.717) is 11.5 Å². The number of hydrogen-bond acceptors (Lipinski definition) is 3. The number of rotatable bonds is 3. The summed E-state index contributed by atoms with van der Waals surface area (Å²) in [6, 6.07) is 9.95. The Morgan fingerprint density at radius 3 is 2.48 bits per heavy atom. The van der Waals surface area contributed by atoms with Crippen LogP contribution in [0.2, 0.25) is 0 Å². The fourth-order valence-corrected chi connectivity index (χ4v) is 2.72. The molecule has 1 aromatic heterocycles. The number of H-pyrrole nitrogens is 1. The minimum Gasteiger partial charge on any atom is -0.493 e. The van der Waals surface area contributed by atoms with Gasteiger partial charge in [0.2, 0.25) is 0 Å². The number of fused-ring (bicyclic) bond motifs is 1. The average molecular weight is 347 g/mol. The predicted molar refractivity (Wildman–Crippen MR) is 87.1 cm³/mol. The first-order valence-electron chi connectivity index (χ1n) is 6.50. The number of ether oxygens (including phenoxy) is 2. The van der Waals surface area contributed by atoms with E-state index in [1.54, 1.807) is 14.2 Å². The second-order valence-corrected chi connectivity index (χ2v) is 5.65.